The Bertz CT molecular complexity index is 274. The van der Waals surface area contributed by atoms with E-state index in [2.05, 4.69) is 19.1 Å². The molecular weight excluding hydrogens is 160 g/mol. The summed E-state index contributed by atoms with van der Waals surface area (Å²) in [6.45, 7) is 2.12. The van der Waals surface area contributed by atoms with Gasteiger partial charge < -0.3 is 5.11 Å². The van der Waals surface area contributed by atoms with Gasteiger partial charge in [0.15, 0.2) is 0 Å². The van der Waals surface area contributed by atoms with E-state index < -0.39 is 5.60 Å². The normalized spacial score (nSPS) is 22.0. The molecule has 0 aromatic heterocycles. The topological polar surface area (TPSA) is 20.2 Å². The second-order valence-corrected chi connectivity index (χ2v) is 4.09. The Morgan fingerprint density at radius 2 is 1.85 bits per heavy atom. The fraction of sp³-hybridized carbons (Fsp3) is 0.500. The van der Waals surface area contributed by atoms with Gasteiger partial charge in [0, 0.05) is 5.92 Å². The molecule has 1 atom stereocenters. The molecule has 0 spiro atoms. The molecule has 0 radical (unpaired) electrons. The van der Waals surface area contributed by atoms with E-state index in [4.69, 9.17) is 0 Å². The predicted octanol–water partition coefficient (Wildman–Crippen LogP) is 2.71. The summed E-state index contributed by atoms with van der Waals surface area (Å²) in [5.41, 5.74) is 0.839. The predicted molar refractivity (Wildman–Crippen MR) is 53.7 cm³/mol. The smallest absolute Gasteiger partial charge is 0.0713 e. The van der Waals surface area contributed by atoms with E-state index in [1.165, 1.54) is 12.0 Å². The van der Waals surface area contributed by atoms with E-state index in [9.17, 15) is 5.11 Å². The van der Waals surface area contributed by atoms with Crippen molar-refractivity contribution in [2.24, 2.45) is 0 Å². The van der Waals surface area contributed by atoms with Gasteiger partial charge in [-0.2, -0.15) is 0 Å². The van der Waals surface area contributed by atoms with Crippen molar-refractivity contribution >= 4 is 0 Å². The zero-order valence-corrected chi connectivity index (χ0v) is 8.03. The van der Waals surface area contributed by atoms with Gasteiger partial charge in [0.2, 0.25) is 0 Å². The van der Waals surface area contributed by atoms with Crippen LogP contribution in [0.1, 0.15) is 37.7 Å². The van der Waals surface area contributed by atoms with E-state index in [1.54, 1.807) is 0 Å². The van der Waals surface area contributed by atoms with Crippen LogP contribution in [-0.4, -0.2) is 10.7 Å². The van der Waals surface area contributed by atoms with Crippen LogP contribution in [0.4, 0.5) is 0 Å². The van der Waals surface area contributed by atoms with E-state index in [0.29, 0.717) is 0 Å². The standard InChI is InChI=1S/C12H16O/c1-10(12(13)8-5-9-12)11-6-3-2-4-7-11/h2-4,6-7,10,13H,5,8-9H2,1H3/t10-/m0/s1. The Labute approximate surface area is 79.4 Å². The highest BCUT2D eigenvalue weighted by molar-refractivity contribution is 5.23. The molecule has 1 fully saturated rings. The first-order valence-corrected chi connectivity index (χ1v) is 5.00. The monoisotopic (exact) mass is 176 g/mol. The van der Waals surface area contributed by atoms with E-state index in [1.807, 2.05) is 18.2 Å². The van der Waals surface area contributed by atoms with Crippen LogP contribution < -0.4 is 0 Å². The molecule has 1 heteroatoms. The highest BCUT2D eigenvalue weighted by Gasteiger charge is 2.40. The van der Waals surface area contributed by atoms with Gasteiger partial charge in [0.05, 0.1) is 5.60 Å². The molecule has 1 aliphatic rings. The van der Waals surface area contributed by atoms with Crippen molar-refractivity contribution in [2.45, 2.75) is 37.7 Å². The zero-order valence-electron chi connectivity index (χ0n) is 8.03. The summed E-state index contributed by atoms with van der Waals surface area (Å²) in [6, 6.07) is 10.3. The highest BCUT2D eigenvalue weighted by Crippen LogP contribution is 2.42. The number of benzene rings is 1. The highest BCUT2D eigenvalue weighted by atomic mass is 16.3. The summed E-state index contributed by atoms with van der Waals surface area (Å²) in [5, 5.41) is 10.1. The maximum absolute atomic E-state index is 10.1. The van der Waals surface area contributed by atoms with Crippen LogP contribution in [0.25, 0.3) is 0 Å². The van der Waals surface area contributed by atoms with Gasteiger partial charge in [-0.25, -0.2) is 0 Å². The molecule has 0 unspecified atom stereocenters. The maximum atomic E-state index is 10.1. The largest absolute Gasteiger partial charge is 0.389 e. The number of aliphatic hydroxyl groups is 1. The Morgan fingerprint density at radius 1 is 1.23 bits per heavy atom. The van der Waals surface area contributed by atoms with Crippen molar-refractivity contribution in [3.8, 4) is 0 Å². The Balaban J connectivity index is 2.17. The molecule has 1 N–H and O–H groups in total. The van der Waals surface area contributed by atoms with Crippen molar-refractivity contribution in [2.75, 3.05) is 0 Å². The third-order valence-corrected chi connectivity index (χ3v) is 3.32. The van der Waals surface area contributed by atoms with Gasteiger partial charge in [-0.05, 0) is 24.8 Å². The zero-order chi connectivity index (χ0) is 9.31. The lowest BCUT2D eigenvalue weighted by Crippen LogP contribution is -2.41. The molecule has 0 heterocycles. The number of hydrogen-bond donors (Lipinski definition) is 1. The van der Waals surface area contributed by atoms with Crippen LogP contribution in [0.2, 0.25) is 0 Å². The fourth-order valence-electron chi connectivity index (χ4n) is 2.02. The molecular formula is C12H16O. The second-order valence-electron chi connectivity index (χ2n) is 4.09. The molecule has 70 valence electrons. The quantitative estimate of drug-likeness (QED) is 0.734. The third kappa shape index (κ3) is 1.49. The number of hydrogen-bond acceptors (Lipinski definition) is 1. The summed E-state index contributed by atoms with van der Waals surface area (Å²) in [7, 11) is 0. The molecule has 0 aliphatic heterocycles. The first-order chi connectivity index (χ1) is 6.22. The van der Waals surface area contributed by atoms with Crippen LogP contribution in [0.5, 0.6) is 0 Å². The molecule has 1 saturated carbocycles. The molecule has 1 aromatic rings. The van der Waals surface area contributed by atoms with Crippen LogP contribution in [-0.2, 0) is 0 Å². The average Bonchev–Trinajstić information content (AvgIpc) is 2.14. The average molecular weight is 176 g/mol. The molecule has 1 nitrogen and oxygen atoms in total. The SMILES string of the molecule is C[C@@H](c1ccccc1)C1(O)CCC1. The number of rotatable bonds is 2. The first kappa shape index (κ1) is 8.76. The van der Waals surface area contributed by atoms with Crippen molar-refractivity contribution in [1.82, 2.24) is 0 Å². The minimum Gasteiger partial charge on any atom is -0.389 e. The van der Waals surface area contributed by atoms with Crippen LogP contribution in [0.15, 0.2) is 30.3 Å². The van der Waals surface area contributed by atoms with Crippen molar-refractivity contribution in [1.29, 1.82) is 0 Å². The van der Waals surface area contributed by atoms with E-state index in [-0.39, 0.29) is 5.92 Å². The van der Waals surface area contributed by atoms with Gasteiger partial charge in [-0.3, -0.25) is 0 Å². The van der Waals surface area contributed by atoms with Crippen molar-refractivity contribution < 1.29 is 5.11 Å². The lowest BCUT2D eigenvalue weighted by atomic mass is 9.69. The lowest BCUT2D eigenvalue weighted by molar-refractivity contribution is -0.0527. The minimum absolute atomic E-state index is 0.280. The summed E-state index contributed by atoms with van der Waals surface area (Å²) in [6.07, 6.45) is 3.10. The Hall–Kier alpha value is -0.820. The van der Waals surface area contributed by atoms with Gasteiger partial charge in [-0.15, -0.1) is 0 Å². The second kappa shape index (κ2) is 3.15. The summed E-state index contributed by atoms with van der Waals surface area (Å²) in [4.78, 5) is 0. The molecule has 2 rings (SSSR count). The van der Waals surface area contributed by atoms with E-state index in [0.717, 1.165) is 12.8 Å². The van der Waals surface area contributed by atoms with Crippen LogP contribution in [0, 0.1) is 0 Å². The maximum Gasteiger partial charge on any atom is 0.0713 e. The molecule has 0 saturated heterocycles. The summed E-state index contributed by atoms with van der Waals surface area (Å²) in [5.74, 6) is 0.280. The first-order valence-electron chi connectivity index (χ1n) is 5.00. The van der Waals surface area contributed by atoms with Crippen LogP contribution >= 0.6 is 0 Å². The van der Waals surface area contributed by atoms with Gasteiger partial charge >= 0.3 is 0 Å². The van der Waals surface area contributed by atoms with Crippen LogP contribution in [0.3, 0.4) is 0 Å². The Morgan fingerprint density at radius 3 is 2.31 bits per heavy atom. The van der Waals surface area contributed by atoms with Gasteiger partial charge in [-0.1, -0.05) is 37.3 Å². The lowest BCUT2D eigenvalue weighted by Gasteiger charge is -2.42. The van der Waals surface area contributed by atoms with Crippen molar-refractivity contribution in [3.63, 3.8) is 0 Å². The van der Waals surface area contributed by atoms with Crippen molar-refractivity contribution in [3.05, 3.63) is 35.9 Å². The fourth-order valence-corrected chi connectivity index (χ4v) is 2.02. The molecule has 0 amide bonds. The third-order valence-electron chi connectivity index (χ3n) is 3.32. The Kier molecular flexibility index (Phi) is 2.12. The molecule has 1 aromatic carbocycles. The van der Waals surface area contributed by atoms with E-state index >= 15 is 0 Å². The minimum atomic E-state index is -0.415. The van der Waals surface area contributed by atoms with Gasteiger partial charge in [0.1, 0.15) is 0 Å². The molecule has 13 heavy (non-hydrogen) atoms. The van der Waals surface area contributed by atoms with Gasteiger partial charge in [0.25, 0.3) is 0 Å². The molecule has 1 aliphatic carbocycles. The summed E-state index contributed by atoms with van der Waals surface area (Å²) < 4.78 is 0. The summed E-state index contributed by atoms with van der Waals surface area (Å²) >= 11 is 0. The molecule has 0 bridgehead atoms.